The van der Waals surface area contributed by atoms with Gasteiger partial charge in [0.1, 0.15) is 0 Å². The highest BCUT2D eigenvalue weighted by atomic mass is 32.1. The number of aryl methyl sites for hydroxylation is 2. The third kappa shape index (κ3) is 2.22. The molecule has 0 amide bonds. The topological polar surface area (TPSA) is 51.0 Å². The standard InChI is InChI=1S/C13H13N3OS/c1-8-3-4-12-11(5-8)15-13(18-12)14-7-10-6-9(2)16-17-10/h3-6H,7H2,1-2H3,(H,14,15). The van der Waals surface area contributed by atoms with Crippen LogP contribution in [0.5, 0.6) is 0 Å². The first kappa shape index (κ1) is 11.2. The van der Waals surface area contributed by atoms with E-state index in [4.69, 9.17) is 4.52 Å². The molecule has 0 aliphatic carbocycles. The average molecular weight is 259 g/mol. The number of anilines is 1. The number of thiazole rings is 1. The maximum atomic E-state index is 5.14. The van der Waals surface area contributed by atoms with E-state index in [2.05, 4.69) is 40.6 Å². The summed E-state index contributed by atoms with van der Waals surface area (Å²) in [5.41, 5.74) is 3.16. The summed E-state index contributed by atoms with van der Waals surface area (Å²) in [4.78, 5) is 4.54. The summed E-state index contributed by atoms with van der Waals surface area (Å²) in [7, 11) is 0. The Bertz CT molecular complexity index is 686. The van der Waals surface area contributed by atoms with Gasteiger partial charge in [0.05, 0.1) is 22.5 Å². The average Bonchev–Trinajstić information content (AvgIpc) is 2.92. The van der Waals surface area contributed by atoms with Crippen molar-refractivity contribution in [2.45, 2.75) is 20.4 Å². The predicted molar refractivity (Wildman–Crippen MR) is 72.9 cm³/mol. The Balaban J connectivity index is 1.78. The Hall–Kier alpha value is -1.88. The van der Waals surface area contributed by atoms with Crippen LogP contribution in [0.3, 0.4) is 0 Å². The van der Waals surface area contributed by atoms with Crippen molar-refractivity contribution in [1.82, 2.24) is 10.1 Å². The molecule has 0 aliphatic rings. The number of aromatic nitrogens is 2. The van der Waals surface area contributed by atoms with Crippen molar-refractivity contribution in [3.63, 3.8) is 0 Å². The SMILES string of the molecule is Cc1ccc2sc(NCc3cc(C)no3)nc2c1. The number of hydrogen-bond acceptors (Lipinski definition) is 5. The van der Waals surface area contributed by atoms with Crippen molar-refractivity contribution >= 4 is 26.7 Å². The summed E-state index contributed by atoms with van der Waals surface area (Å²) in [6.45, 7) is 4.59. The molecule has 3 aromatic rings. The number of hydrogen-bond donors (Lipinski definition) is 1. The van der Waals surface area contributed by atoms with Crippen LogP contribution in [0.15, 0.2) is 28.8 Å². The van der Waals surface area contributed by atoms with E-state index in [0.717, 1.165) is 22.1 Å². The lowest BCUT2D eigenvalue weighted by molar-refractivity contribution is 0.384. The maximum Gasteiger partial charge on any atom is 0.184 e. The van der Waals surface area contributed by atoms with Gasteiger partial charge in [0.2, 0.25) is 0 Å². The van der Waals surface area contributed by atoms with Gasteiger partial charge in [-0.25, -0.2) is 4.98 Å². The summed E-state index contributed by atoms with van der Waals surface area (Å²) >= 11 is 1.65. The summed E-state index contributed by atoms with van der Waals surface area (Å²) in [6, 6.07) is 8.22. The van der Waals surface area contributed by atoms with Gasteiger partial charge in [-0.1, -0.05) is 22.6 Å². The van der Waals surface area contributed by atoms with Gasteiger partial charge in [-0.3, -0.25) is 0 Å². The zero-order valence-electron chi connectivity index (χ0n) is 10.2. The van der Waals surface area contributed by atoms with Crippen molar-refractivity contribution < 1.29 is 4.52 Å². The van der Waals surface area contributed by atoms with E-state index in [0.29, 0.717) is 6.54 Å². The summed E-state index contributed by atoms with van der Waals surface area (Å²) in [6.07, 6.45) is 0. The third-order valence-corrected chi connectivity index (χ3v) is 3.63. The monoisotopic (exact) mass is 259 g/mol. The molecule has 0 bridgehead atoms. The summed E-state index contributed by atoms with van der Waals surface area (Å²) in [5.74, 6) is 0.822. The van der Waals surface area contributed by atoms with Crippen molar-refractivity contribution in [2.75, 3.05) is 5.32 Å². The van der Waals surface area contributed by atoms with Crippen LogP contribution in [-0.2, 0) is 6.54 Å². The highest BCUT2D eigenvalue weighted by Gasteiger charge is 2.05. The normalized spacial score (nSPS) is 11.0. The van der Waals surface area contributed by atoms with Crippen LogP contribution >= 0.6 is 11.3 Å². The minimum absolute atomic E-state index is 0.611. The minimum atomic E-state index is 0.611. The summed E-state index contributed by atoms with van der Waals surface area (Å²) in [5, 5.41) is 8.02. The van der Waals surface area contributed by atoms with Gasteiger partial charge in [-0.15, -0.1) is 0 Å². The third-order valence-electron chi connectivity index (χ3n) is 2.63. The van der Waals surface area contributed by atoms with Gasteiger partial charge >= 0.3 is 0 Å². The lowest BCUT2D eigenvalue weighted by Crippen LogP contribution is -1.96. The Morgan fingerprint density at radius 2 is 2.17 bits per heavy atom. The lowest BCUT2D eigenvalue weighted by atomic mass is 10.2. The highest BCUT2D eigenvalue weighted by molar-refractivity contribution is 7.22. The van der Waals surface area contributed by atoms with Crippen LogP contribution in [-0.4, -0.2) is 10.1 Å². The van der Waals surface area contributed by atoms with Crippen LogP contribution in [0.25, 0.3) is 10.2 Å². The molecule has 3 rings (SSSR count). The first-order valence-electron chi connectivity index (χ1n) is 5.74. The van der Waals surface area contributed by atoms with Crippen LogP contribution < -0.4 is 5.32 Å². The number of benzene rings is 1. The molecule has 1 aromatic carbocycles. The molecule has 0 unspecified atom stereocenters. The molecule has 0 fully saturated rings. The van der Waals surface area contributed by atoms with E-state index >= 15 is 0 Å². The number of nitrogens with one attached hydrogen (secondary N) is 1. The molecule has 0 saturated carbocycles. The maximum absolute atomic E-state index is 5.14. The van der Waals surface area contributed by atoms with E-state index in [1.807, 2.05) is 13.0 Å². The van der Waals surface area contributed by atoms with E-state index in [1.165, 1.54) is 10.3 Å². The zero-order valence-corrected chi connectivity index (χ0v) is 11.0. The fraction of sp³-hybridized carbons (Fsp3) is 0.231. The van der Waals surface area contributed by atoms with Gasteiger partial charge in [0.25, 0.3) is 0 Å². The van der Waals surface area contributed by atoms with Gasteiger partial charge in [-0.05, 0) is 31.5 Å². The van der Waals surface area contributed by atoms with Crippen LogP contribution in [0.4, 0.5) is 5.13 Å². The van der Waals surface area contributed by atoms with Crippen molar-refractivity contribution in [3.05, 3.63) is 41.3 Å². The molecule has 5 heteroatoms. The van der Waals surface area contributed by atoms with Crippen molar-refractivity contribution in [2.24, 2.45) is 0 Å². The quantitative estimate of drug-likeness (QED) is 0.782. The van der Waals surface area contributed by atoms with Crippen LogP contribution in [0, 0.1) is 13.8 Å². The van der Waals surface area contributed by atoms with Crippen LogP contribution in [0.2, 0.25) is 0 Å². The zero-order chi connectivity index (χ0) is 12.5. The van der Waals surface area contributed by atoms with Gasteiger partial charge < -0.3 is 9.84 Å². The Morgan fingerprint density at radius 1 is 1.28 bits per heavy atom. The molecule has 92 valence electrons. The number of fused-ring (bicyclic) bond motifs is 1. The van der Waals surface area contributed by atoms with Gasteiger partial charge in [-0.2, -0.15) is 0 Å². The van der Waals surface area contributed by atoms with E-state index < -0.39 is 0 Å². The lowest BCUT2D eigenvalue weighted by Gasteiger charge is -1.96. The second-order valence-corrected chi connectivity index (χ2v) is 5.31. The largest absolute Gasteiger partial charge is 0.359 e. The second kappa shape index (κ2) is 4.42. The van der Waals surface area contributed by atoms with E-state index in [1.54, 1.807) is 11.3 Å². The van der Waals surface area contributed by atoms with Crippen molar-refractivity contribution in [1.29, 1.82) is 0 Å². The molecule has 18 heavy (non-hydrogen) atoms. The fourth-order valence-electron chi connectivity index (χ4n) is 1.78. The smallest absolute Gasteiger partial charge is 0.184 e. The minimum Gasteiger partial charge on any atom is -0.359 e. The van der Waals surface area contributed by atoms with Gasteiger partial charge in [0.15, 0.2) is 10.9 Å². The summed E-state index contributed by atoms with van der Waals surface area (Å²) < 4.78 is 6.34. The molecule has 0 radical (unpaired) electrons. The Kier molecular flexibility index (Phi) is 2.76. The first-order valence-corrected chi connectivity index (χ1v) is 6.55. The molecule has 4 nitrogen and oxygen atoms in total. The molecule has 0 spiro atoms. The molecular formula is C13H13N3OS. The first-order chi connectivity index (χ1) is 8.70. The fourth-order valence-corrected chi connectivity index (χ4v) is 2.62. The Morgan fingerprint density at radius 3 is 2.94 bits per heavy atom. The second-order valence-electron chi connectivity index (χ2n) is 4.28. The van der Waals surface area contributed by atoms with Crippen LogP contribution in [0.1, 0.15) is 17.0 Å². The molecule has 0 aliphatic heterocycles. The number of nitrogens with zero attached hydrogens (tertiary/aromatic N) is 2. The Labute approximate surface area is 109 Å². The predicted octanol–water partition coefficient (Wildman–Crippen LogP) is 3.51. The van der Waals surface area contributed by atoms with E-state index in [9.17, 15) is 0 Å². The molecule has 2 aromatic heterocycles. The molecule has 0 atom stereocenters. The molecule has 2 heterocycles. The van der Waals surface area contributed by atoms with E-state index in [-0.39, 0.29) is 0 Å². The molecule has 1 N–H and O–H groups in total. The van der Waals surface area contributed by atoms with Crippen molar-refractivity contribution in [3.8, 4) is 0 Å². The molecule has 0 saturated heterocycles. The van der Waals surface area contributed by atoms with Gasteiger partial charge in [0, 0.05) is 6.07 Å². The molecular weight excluding hydrogens is 246 g/mol. The number of rotatable bonds is 3. The highest BCUT2D eigenvalue weighted by Crippen LogP contribution is 2.26.